The van der Waals surface area contributed by atoms with Crippen LogP contribution < -0.4 is 0 Å². The predicted molar refractivity (Wildman–Crippen MR) is 100 cm³/mol. The Morgan fingerprint density at radius 2 is 1.92 bits per heavy atom. The van der Waals surface area contributed by atoms with E-state index in [1.165, 1.54) is 7.11 Å². The van der Waals surface area contributed by atoms with Gasteiger partial charge in [-0.15, -0.1) is 0 Å². The Bertz CT molecular complexity index is 596. The van der Waals surface area contributed by atoms with Crippen molar-refractivity contribution in [1.82, 2.24) is 4.90 Å². The Kier molecular flexibility index (Phi) is 7.28. The quantitative estimate of drug-likeness (QED) is 0.347. The Morgan fingerprint density at radius 1 is 1.28 bits per heavy atom. The number of hydrogen-bond donors (Lipinski definition) is 1. The van der Waals surface area contributed by atoms with Crippen molar-refractivity contribution in [3.8, 4) is 0 Å². The summed E-state index contributed by atoms with van der Waals surface area (Å²) in [5.41, 5.74) is 2.48. The highest BCUT2D eigenvalue weighted by Gasteiger charge is 2.35. The van der Waals surface area contributed by atoms with Gasteiger partial charge in [0.15, 0.2) is 0 Å². The van der Waals surface area contributed by atoms with Crippen LogP contribution in [0.1, 0.15) is 25.0 Å². The SMILES string of the molecule is COC(=O)CO/N=C(\c1ccc(CS)cc1)C(C)(C)N1CCOCC1. The molecule has 0 aromatic heterocycles. The maximum Gasteiger partial charge on any atom is 0.346 e. The number of esters is 1. The Balaban J connectivity index is 2.29. The molecule has 1 aliphatic heterocycles. The molecule has 25 heavy (non-hydrogen) atoms. The van der Waals surface area contributed by atoms with E-state index >= 15 is 0 Å². The van der Waals surface area contributed by atoms with Crippen molar-refractivity contribution in [2.45, 2.75) is 25.1 Å². The molecule has 0 atom stereocenters. The molecule has 138 valence electrons. The molecular formula is C18H26N2O4S. The molecule has 0 N–H and O–H groups in total. The first-order valence-corrected chi connectivity index (χ1v) is 8.92. The maximum absolute atomic E-state index is 11.3. The number of carbonyl (C=O) groups excluding carboxylic acids is 1. The lowest BCUT2D eigenvalue weighted by Crippen LogP contribution is -2.54. The number of thiol groups is 1. The largest absolute Gasteiger partial charge is 0.466 e. The number of benzene rings is 1. The van der Waals surface area contributed by atoms with Gasteiger partial charge < -0.3 is 14.3 Å². The molecule has 0 amide bonds. The van der Waals surface area contributed by atoms with E-state index in [1.807, 2.05) is 24.3 Å². The Hall–Kier alpha value is -1.57. The van der Waals surface area contributed by atoms with E-state index in [4.69, 9.17) is 9.57 Å². The lowest BCUT2D eigenvalue weighted by Gasteiger charge is -2.41. The highest BCUT2D eigenvalue weighted by atomic mass is 32.1. The van der Waals surface area contributed by atoms with Crippen molar-refractivity contribution in [2.75, 3.05) is 40.0 Å². The average molecular weight is 366 g/mol. The molecule has 1 saturated heterocycles. The zero-order chi connectivity index (χ0) is 18.3. The van der Waals surface area contributed by atoms with Crippen LogP contribution in [0.3, 0.4) is 0 Å². The van der Waals surface area contributed by atoms with Crippen LogP contribution in [0.2, 0.25) is 0 Å². The molecule has 0 spiro atoms. The van der Waals surface area contributed by atoms with Gasteiger partial charge in [-0.05, 0) is 19.4 Å². The van der Waals surface area contributed by atoms with Gasteiger partial charge in [-0.2, -0.15) is 12.6 Å². The molecule has 1 aliphatic rings. The van der Waals surface area contributed by atoms with E-state index < -0.39 is 5.97 Å². The van der Waals surface area contributed by atoms with Gasteiger partial charge in [0.2, 0.25) is 6.61 Å². The summed E-state index contributed by atoms with van der Waals surface area (Å²) in [4.78, 5) is 18.9. The zero-order valence-electron chi connectivity index (χ0n) is 15.0. The summed E-state index contributed by atoms with van der Waals surface area (Å²) in [6, 6.07) is 8.06. The second-order valence-corrected chi connectivity index (χ2v) is 6.62. The van der Waals surface area contributed by atoms with Gasteiger partial charge in [0.25, 0.3) is 0 Å². The second-order valence-electron chi connectivity index (χ2n) is 6.30. The van der Waals surface area contributed by atoms with Crippen LogP contribution in [0.25, 0.3) is 0 Å². The van der Waals surface area contributed by atoms with Crippen LogP contribution in [0.4, 0.5) is 0 Å². The lowest BCUT2D eigenvalue weighted by molar-refractivity contribution is -0.145. The maximum atomic E-state index is 11.3. The molecule has 7 heteroatoms. The number of hydrogen-bond acceptors (Lipinski definition) is 7. The third kappa shape index (κ3) is 5.20. The summed E-state index contributed by atoms with van der Waals surface area (Å²) in [6.45, 7) is 7.01. The van der Waals surface area contributed by atoms with Gasteiger partial charge in [-0.3, -0.25) is 4.90 Å². The molecule has 1 aromatic carbocycles. The smallest absolute Gasteiger partial charge is 0.346 e. The fourth-order valence-corrected chi connectivity index (χ4v) is 2.98. The molecule has 0 radical (unpaired) electrons. The van der Waals surface area contributed by atoms with Crippen molar-refractivity contribution < 1.29 is 19.1 Å². The van der Waals surface area contributed by atoms with E-state index in [1.54, 1.807) is 0 Å². The average Bonchev–Trinajstić information content (AvgIpc) is 2.65. The normalized spacial score (nSPS) is 16.6. The van der Waals surface area contributed by atoms with Crippen LogP contribution in [0, 0.1) is 0 Å². The van der Waals surface area contributed by atoms with Gasteiger partial charge in [-0.25, -0.2) is 4.79 Å². The molecule has 2 rings (SSSR count). The summed E-state index contributed by atoms with van der Waals surface area (Å²) < 4.78 is 10.1. The molecule has 1 aromatic rings. The lowest BCUT2D eigenvalue weighted by atomic mass is 9.89. The van der Waals surface area contributed by atoms with Crippen LogP contribution in [0.15, 0.2) is 29.4 Å². The third-order valence-electron chi connectivity index (χ3n) is 4.36. The van der Waals surface area contributed by atoms with Crippen molar-refractivity contribution >= 4 is 24.3 Å². The number of rotatable bonds is 7. The monoisotopic (exact) mass is 366 g/mol. The number of morpholine rings is 1. The number of methoxy groups -OCH3 is 1. The summed E-state index contributed by atoms with van der Waals surface area (Å²) in [6.07, 6.45) is 0. The van der Waals surface area contributed by atoms with E-state index in [-0.39, 0.29) is 12.1 Å². The van der Waals surface area contributed by atoms with Gasteiger partial charge in [0, 0.05) is 24.4 Å². The van der Waals surface area contributed by atoms with Gasteiger partial charge in [-0.1, -0.05) is 29.4 Å². The van der Waals surface area contributed by atoms with Crippen molar-refractivity contribution in [3.05, 3.63) is 35.4 Å². The van der Waals surface area contributed by atoms with E-state index in [0.29, 0.717) is 19.0 Å². The van der Waals surface area contributed by atoms with Gasteiger partial charge in [0.1, 0.15) is 5.71 Å². The standard InChI is InChI=1S/C18H26N2O4S/c1-18(2,20-8-10-23-11-9-20)17(19-24-12-16(21)22-3)15-6-4-14(13-25)5-7-15/h4-7,25H,8-13H2,1-3H3/b19-17+. The van der Waals surface area contributed by atoms with Crippen molar-refractivity contribution in [1.29, 1.82) is 0 Å². The predicted octanol–water partition coefficient (Wildman–Crippen LogP) is 2.12. The molecule has 6 nitrogen and oxygen atoms in total. The first-order valence-electron chi connectivity index (χ1n) is 8.29. The summed E-state index contributed by atoms with van der Waals surface area (Å²) in [5.74, 6) is 0.219. The first-order chi connectivity index (χ1) is 12.0. The molecule has 0 saturated carbocycles. The summed E-state index contributed by atoms with van der Waals surface area (Å²) in [7, 11) is 1.32. The minimum absolute atomic E-state index is 0.214. The minimum atomic E-state index is -0.460. The second kappa shape index (κ2) is 9.22. The van der Waals surface area contributed by atoms with Crippen molar-refractivity contribution in [3.63, 3.8) is 0 Å². The Morgan fingerprint density at radius 3 is 2.48 bits per heavy atom. The third-order valence-corrected chi connectivity index (χ3v) is 4.72. The molecule has 1 fully saturated rings. The first kappa shape index (κ1) is 19.8. The summed E-state index contributed by atoms with van der Waals surface area (Å²) >= 11 is 4.30. The molecule has 1 heterocycles. The zero-order valence-corrected chi connectivity index (χ0v) is 15.9. The van der Waals surface area contributed by atoms with Crippen LogP contribution >= 0.6 is 12.6 Å². The molecule has 0 bridgehead atoms. The molecular weight excluding hydrogens is 340 g/mol. The molecule has 0 unspecified atom stereocenters. The van der Waals surface area contributed by atoms with Crippen LogP contribution in [0.5, 0.6) is 0 Å². The highest BCUT2D eigenvalue weighted by molar-refractivity contribution is 7.79. The van der Waals surface area contributed by atoms with Gasteiger partial charge in [0.05, 0.1) is 25.9 Å². The van der Waals surface area contributed by atoms with E-state index in [9.17, 15) is 4.79 Å². The van der Waals surface area contributed by atoms with E-state index in [2.05, 4.69) is 41.3 Å². The Labute approximate surface area is 154 Å². The fraction of sp³-hybridized carbons (Fsp3) is 0.556. The number of nitrogens with zero attached hydrogens (tertiary/aromatic N) is 2. The topological polar surface area (TPSA) is 60.4 Å². The summed E-state index contributed by atoms with van der Waals surface area (Å²) in [5, 5.41) is 4.30. The van der Waals surface area contributed by atoms with Gasteiger partial charge >= 0.3 is 5.97 Å². The number of carbonyl (C=O) groups is 1. The minimum Gasteiger partial charge on any atom is -0.466 e. The van der Waals surface area contributed by atoms with E-state index in [0.717, 1.165) is 29.9 Å². The van der Waals surface area contributed by atoms with Crippen LogP contribution in [-0.4, -0.2) is 62.1 Å². The molecule has 0 aliphatic carbocycles. The fourth-order valence-electron chi connectivity index (χ4n) is 2.77. The number of oxime groups is 1. The highest BCUT2D eigenvalue weighted by Crippen LogP contribution is 2.23. The van der Waals surface area contributed by atoms with Crippen LogP contribution in [-0.2, 0) is 24.9 Å². The number of ether oxygens (including phenoxy) is 2. The van der Waals surface area contributed by atoms with Crippen molar-refractivity contribution in [2.24, 2.45) is 5.16 Å².